The van der Waals surface area contributed by atoms with E-state index in [1.807, 2.05) is 18.2 Å². The summed E-state index contributed by atoms with van der Waals surface area (Å²) in [6.45, 7) is 7.75. The molecule has 2 aromatic rings. The van der Waals surface area contributed by atoms with Crippen molar-refractivity contribution in [3.8, 4) is 5.75 Å². The van der Waals surface area contributed by atoms with Crippen molar-refractivity contribution in [1.82, 2.24) is 0 Å². The Labute approximate surface area is 141 Å². The van der Waals surface area contributed by atoms with Crippen LogP contribution in [-0.2, 0) is 11.3 Å². The SMILES string of the molecule is C=CCOc1cccc(N)c1.C=COCc1cccc([N+](=O)[O-])c1. The third-order valence-corrected chi connectivity index (χ3v) is 2.72. The summed E-state index contributed by atoms with van der Waals surface area (Å²) in [5, 5.41) is 10.4. The number of anilines is 1. The van der Waals surface area contributed by atoms with E-state index in [-0.39, 0.29) is 5.69 Å². The summed E-state index contributed by atoms with van der Waals surface area (Å²) >= 11 is 0. The quantitative estimate of drug-likeness (QED) is 0.272. The minimum atomic E-state index is -0.433. The Hall–Kier alpha value is -3.28. The van der Waals surface area contributed by atoms with E-state index in [4.69, 9.17) is 15.2 Å². The Morgan fingerprint density at radius 3 is 2.54 bits per heavy atom. The number of hydrogen-bond acceptors (Lipinski definition) is 5. The molecule has 0 atom stereocenters. The van der Waals surface area contributed by atoms with E-state index in [9.17, 15) is 10.1 Å². The molecule has 6 heteroatoms. The van der Waals surface area contributed by atoms with Gasteiger partial charge in [-0.1, -0.05) is 37.4 Å². The highest BCUT2D eigenvalue weighted by Crippen LogP contribution is 2.14. The van der Waals surface area contributed by atoms with Gasteiger partial charge in [0.25, 0.3) is 5.69 Å². The minimum absolute atomic E-state index is 0.0742. The van der Waals surface area contributed by atoms with E-state index in [1.165, 1.54) is 18.4 Å². The molecule has 0 unspecified atom stereocenters. The van der Waals surface area contributed by atoms with Crippen LogP contribution in [-0.4, -0.2) is 11.5 Å². The largest absolute Gasteiger partial charge is 0.497 e. The smallest absolute Gasteiger partial charge is 0.269 e. The average Bonchev–Trinajstić information content (AvgIpc) is 2.59. The average molecular weight is 328 g/mol. The molecular formula is C18H20N2O4. The Morgan fingerprint density at radius 1 is 1.17 bits per heavy atom. The number of nitro groups is 1. The van der Waals surface area contributed by atoms with Gasteiger partial charge in [-0.05, 0) is 17.7 Å². The molecule has 2 N–H and O–H groups in total. The molecule has 0 saturated carbocycles. The van der Waals surface area contributed by atoms with Crippen molar-refractivity contribution in [2.24, 2.45) is 0 Å². The van der Waals surface area contributed by atoms with Crippen LogP contribution in [0.3, 0.4) is 0 Å². The van der Waals surface area contributed by atoms with Gasteiger partial charge in [-0.25, -0.2) is 0 Å². The molecule has 0 aliphatic carbocycles. The lowest BCUT2D eigenvalue weighted by Gasteiger charge is -2.02. The number of rotatable bonds is 7. The Kier molecular flexibility index (Phi) is 8.17. The molecule has 0 heterocycles. The molecule has 0 fully saturated rings. The van der Waals surface area contributed by atoms with E-state index in [0.717, 1.165) is 11.3 Å². The predicted octanol–water partition coefficient (Wildman–Crippen LogP) is 4.09. The fourth-order valence-corrected chi connectivity index (χ4v) is 1.67. The van der Waals surface area contributed by atoms with Crippen molar-refractivity contribution in [1.29, 1.82) is 0 Å². The van der Waals surface area contributed by atoms with Crippen molar-refractivity contribution in [3.05, 3.63) is 89.7 Å². The maximum absolute atomic E-state index is 10.4. The topological polar surface area (TPSA) is 87.6 Å². The maximum Gasteiger partial charge on any atom is 0.269 e. The van der Waals surface area contributed by atoms with Gasteiger partial charge in [0.1, 0.15) is 19.0 Å². The first-order valence-corrected chi connectivity index (χ1v) is 7.12. The highest BCUT2D eigenvalue weighted by atomic mass is 16.6. The van der Waals surface area contributed by atoms with Crippen LogP contribution in [0.2, 0.25) is 0 Å². The van der Waals surface area contributed by atoms with Crippen LogP contribution in [0.1, 0.15) is 5.56 Å². The van der Waals surface area contributed by atoms with E-state index < -0.39 is 4.92 Å². The first-order valence-electron chi connectivity index (χ1n) is 7.12. The summed E-state index contributed by atoms with van der Waals surface area (Å²) in [4.78, 5) is 9.94. The summed E-state index contributed by atoms with van der Waals surface area (Å²) in [7, 11) is 0. The van der Waals surface area contributed by atoms with Crippen LogP contribution in [0.25, 0.3) is 0 Å². The van der Waals surface area contributed by atoms with E-state index in [2.05, 4.69) is 13.2 Å². The van der Waals surface area contributed by atoms with E-state index in [0.29, 0.717) is 18.9 Å². The monoisotopic (exact) mass is 328 g/mol. The summed E-state index contributed by atoms with van der Waals surface area (Å²) in [5.74, 6) is 0.782. The molecule has 2 aromatic carbocycles. The van der Waals surface area contributed by atoms with E-state index >= 15 is 0 Å². The first-order chi connectivity index (χ1) is 11.6. The fourth-order valence-electron chi connectivity index (χ4n) is 1.67. The maximum atomic E-state index is 10.4. The van der Waals surface area contributed by atoms with Gasteiger partial charge in [0.15, 0.2) is 0 Å². The molecule has 0 aliphatic rings. The molecule has 0 saturated heterocycles. The van der Waals surface area contributed by atoms with Crippen molar-refractivity contribution in [3.63, 3.8) is 0 Å². The van der Waals surface area contributed by atoms with Crippen molar-refractivity contribution < 1.29 is 14.4 Å². The van der Waals surface area contributed by atoms with Crippen LogP contribution >= 0.6 is 0 Å². The van der Waals surface area contributed by atoms with Gasteiger partial charge in [0.05, 0.1) is 11.2 Å². The molecule has 0 aliphatic heterocycles. The first kappa shape index (κ1) is 18.8. The highest BCUT2D eigenvalue weighted by molar-refractivity contribution is 5.43. The molecule has 0 aromatic heterocycles. The molecule has 0 radical (unpaired) electrons. The molecule has 24 heavy (non-hydrogen) atoms. The van der Waals surface area contributed by atoms with Gasteiger partial charge >= 0.3 is 0 Å². The molecule has 0 bridgehead atoms. The molecule has 6 nitrogen and oxygen atoms in total. The summed E-state index contributed by atoms with van der Waals surface area (Å²) < 4.78 is 10.1. The molecule has 126 valence electrons. The van der Waals surface area contributed by atoms with Crippen LogP contribution < -0.4 is 10.5 Å². The highest BCUT2D eigenvalue weighted by Gasteiger charge is 2.04. The summed E-state index contributed by atoms with van der Waals surface area (Å²) in [6, 6.07) is 13.6. The van der Waals surface area contributed by atoms with Gasteiger partial charge < -0.3 is 15.2 Å². The zero-order valence-electron chi connectivity index (χ0n) is 13.3. The van der Waals surface area contributed by atoms with E-state index in [1.54, 1.807) is 24.3 Å². The third-order valence-electron chi connectivity index (χ3n) is 2.72. The van der Waals surface area contributed by atoms with Crippen LogP contribution in [0, 0.1) is 10.1 Å². The van der Waals surface area contributed by atoms with Gasteiger partial charge in [0.2, 0.25) is 0 Å². The Balaban J connectivity index is 0.000000243. The number of nitro benzene ring substituents is 1. The number of nitrogen functional groups attached to an aromatic ring is 1. The van der Waals surface area contributed by atoms with Crippen LogP contribution in [0.5, 0.6) is 5.75 Å². The fraction of sp³-hybridized carbons (Fsp3) is 0.111. The Morgan fingerprint density at radius 2 is 1.92 bits per heavy atom. The molecule has 0 spiro atoms. The lowest BCUT2D eigenvalue weighted by atomic mass is 10.2. The summed E-state index contributed by atoms with van der Waals surface area (Å²) in [5.41, 5.74) is 7.07. The summed E-state index contributed by atoms with van der Waals surface area (Å²) in [6.07, 6.45) is 3.00. The number of ether oxygens (including phenoxy) is 2. The van der Waals surface area contributed by atoms with Crippen molar-refractivity contribution in [2.45, 2.75) is 6.61 Å². The lowest BCUT2D eigenvalue weighted by Crippen LogP contribution is -1.93. The van der Waals surface area contributed by atoms with Gasteiger partial charge in [-0.3, -0.25) is 10.1 Å². The second kappa shape index (κ2) is 10.4. The van der Waals surface area contributed by atoms with Gasteiger partial charge in [-0.2, -0.15) is 0 Å². The molecule has 0 amide bonds. The van der Waals surface area contributed by atoms with Crippen LogP contribution in [0.4, 0.5) is 11.4 Å². The second-order valence-electron chi connectivity index (χ2n) is 4.58. The standard InChI is InChI=1S/C9H9NO3.C9H11NO/c1-2-13-7-8-4-3-5-9(6-8)10(11)12;1-2-6-11-9-5-3-4-8(10)7-9/h2-6H,1,7H2;2-5,7H,1,6,10H2. The zero-order chi connectivity index (χ0) is 17.8. The van der Waals surface area contributed by atoms with Gasteiger partial charge in [-0.15, -0.1) is 0 Å². The number of non-ortho nitro benzene ring substituents is 1. The zero-order valence-corrected chi connectivity index (χ0v) is 13.3. The van der Waals surface area contributed by atoms with Crippen LogP contribution in [0.15, 0.2) is 74.0 Å². The number of nitrogens with two attached hydrogens (primary N) is 1. The van der Waals surface area contributed by atoms with Crippen molar-refractivity contribution in [2.75, 3.05) is 12.3 Å². The molecule has 2 rings (SSSR count). The second-order valence-corrected chi connectivity index (χ2v) is 4.58. The predicted molar refractivity (Wildman–Crippen MR) is 94.6 cm³/mol. The number of benzene rings is 2. The Bertz CT molecular complexity index is 686. The lowest BCUT2D eigenvalue weighted by molar-refractivity contribution is -0.384. The molecular weight excluding hydrogens is 308 g/mol. The minimum Gasteiger partial charge on any atom is -0.497 e. The normalized spacial score (nSPS) is 9.17. The van der Waals surface area contributed by atoms with Crippen molar-refractivity contribution >= 4 is 11.4 Å². The van der Waals surface area contributed by atoms with Gasteiger partial charge in [0, 0.05) is 23.9 Å². The number of hydrogen-bond donors (Lipinski definition) is 1. The third kappa shape index (κ3) is 7.13. The number of nitrogens with zero attached hydrogens (tertiary/aromatic N) is 1.